The van der Waals surface area contributed by atoms with Gasteiger partial charge in [-0.25, -0.2) is 5.43 Å². The van der Waals surface area contributed by atoms with Crippen molar-refractivity contribution in [1.29, 1.82) is 0 Å². The summed E-state index contributed by atoms with van der Waals surface area (Å²) in [6.07, 6.45) is 3.25. The van der Waals surface area contributed by atoms with Crippen LogP contribution in [0.15, 0.2) is 47.6 Å². The van der Waals surface area contributed by atoms with Gasteiger partial charge in [-0.15, -0.1) is 0 Å². The SMILES string of the molecule is CCCCn1c2ccccc2c2cc(N3CC(C(=O)N/N=C(\C)CC)CC3=O)ccc21. The monoisotopic (exact) mass is 418 g/mol. The van der Waals surface area contributed by atoms with Crippen molar-refractivity contribution in [3.63, 3.8) is 0 Å². The fourth-order valence-electron chi connectivity index (χ4n) is 4.22. The minimum absolute atomic E-state index is 0.0228. The average molecular weight is 419 g/mol. The van der Waals surface area contributed by atoms with Gasteiger partial charge in [-0.05, 0) is 44.0 Å². The van der Waals surface area contributed by atoms with Gasteiger partial charge in [0.15, 0.2) is 0 Å². The maximum absolute atomic E-state index is 12.7. The lowest BCUT2D eigenvalue weighted by Gasteiger charge is -2.17. The van der Waals surface area contributed by atoms with Crippen molar-refractivity contribution in [2.45, 2.75) is 53.0 Å². The molecule has 0 radical (unpaired) electrons. The van der Waals surface area contributed by atoms with Gasteiger partial charge in [0.1, 0.15) is 0 Å². The van der Waals surface area contributed by atoms with E-state index >= 15 is 0 Å². The molecule has 4 rings (SSSR count). The summed E-state index contributed by atoms with van der Waals surface area (Å²) in [7, 11) is 0. The van der Waals surface area contributed by atoms with Gasteiger partial charge in [-0.2, -0.15) is 5.10 Å². The van der Waals surface area contributed by atoms with Crippen molar-refractivity contribution in [2.24, 2.45) is 11.0 Å². The van der Waals surface area contributed by atoms with E-state index in [0.29, 0.717) is 6.54 Å². The summed E-state index contributed by atoms with van der Waals surface area (Å²) in [5.74, 6) is -0.603. The Balaban J connectivity index is 1.64. The number of hydrogen-bond acceptors (Lipinski definition) is 3. The maximum atomic E-state index is 12.7. The lowest BCUT2D eigenvalue weighted by Crippen LogP contribution is -2.30. The maximum Gasteiger partial charge on any atom is 0.245 e. The highest BCUT2D eigenvalue weighted by Gasteiger charge is 2.35. The molecule has 6 heteroatoms. The molecule has 0 bridgehead atoms. The molecule has 0 saturated carbocycles. The summed E-state index contributed by atoms with van der Waals surface area (Å²) in [4.78, 5) is 26.9. The molecule has 3 aromatic rings. The summed E-state index contributed by atoms with van der Waals surface area (Å²) in [6, 6.07) is 14.6. The first-order chi connectivity index (χ1) is 15.0. The van der Waals surface area contributed by atoms with Crippen LogP contribution in [0.25, 0.3) is 21.8 Å². The number of amides is 2. The number of carbonyl (C=O) groups excluding carboxylic acids is 2. The number of nitrogens with one attached hydrogen (secondary N) is 1. The van der Waals surface area contributed by atoms with Crippen molar-refractivity contribution >= 4 is 45.0 Å². The van der Waals surface area contributed by atoms with E-state index in [1.807, 2.05) is 19.9 Å². The number of fused-ring (bicyclic) bond motifs is 3. The van der Waals surface area contributed by atoms with Crippen LogP contribution in [0.3, 0.4) is 0 Å². The second kappa shape index (κ2) is 8.92. The van der Waals surface area contributed by atoms with E-state index in [-0.39, 0.29) is 24.2 Å². The molecular weight excluding hydrogens is 388 g/mol. The third-order valence-corrected chi connectivity index (χ3v) is 6.17. The highest BCUT2D eigenvalue weighted by atomic mass is 16.2. The third-order valence-electron chi connectivity index (χ3n) is 6.17. The highest BCUT2D eigenvalue weighted by Crippen LogP contribution is 2.34. The minimum atomic E-state index is -0.387. The molecular formula is C25H30N4O2. The molecule has 0 aliphatic carbocycles. The Bertz CT molecular complexity index is 1160. The van der Waals surface area contributed by atoms with E-state index in [9.17, 15) is 9.59 Å². The zero-order valence-electron chi connectivity index (χ0n) is 18.5. The van der Waals surface area contributed by atoms with E-state index in [1.165, 1.54) is 16.4 Å². The predicted molar refractivity (Wildman–Crippen MR) is 126 cm³/mol. The highest BCUT2D eigenvalue weighted by molar-refractivity contribution is 6.10. The first-order valence-electron chi connectivity index (χ1n) is 11.2. The molecule has 1 unspecified atom stereocenters. The molecule has 6 nitrogen and oxygen atoms in total. The van der Waals surface area contributed by atoms with Crippen LogP contribution in [0.2, 0.25) is 0 Å². The number of rotatable bonds is 7. The molecule has 1 aliphatic heterocycles. The van der Waals surface area contributed by atoms with Gasteiger partial charge in [0.05, 0.1) is 5.92 Å². The zero-order valence-corrected chi connectivity index (χ0v) is 18.5. The van der Waals surface area contributed by atoms with E-state index < -0.39 is 0 Å². The number of para-hydroxylation sites is 1. The predicted octanol–water partition coefficient (Wildman–Crippen LogP) is 4.85. The molecule has 31 heavy (non-hydrogen) atoms. The molecule has 1 N–H and O–H groups in total. The number of anilines is 1. The van der Waals surface area contributed by atoms with Gasteiger partial charge in [-0.1, -0.05) is 38.5 Å². The molecule has 2 heterocycles. The fraction of sp³-hybridized carbons (Fsp3) is 0.400. The van der Waals surface area contributed by atoms with Crippen molar-refractivity contribution in [3.8, 4) is 0 Å². The second-order valence-corrected chi connectivity index (χ2v) is 8.31. The van der Waals surface area contributed by atoms with Crippen molar-refractivity contribution < 1.29 is 9.59 Å². The largest absolute Gasteiger partial charge is 0.340 e. The Kier molecular flexibility index (Phi) is 6.07. The normalized spacial score (nSPS) is 17.1. The first-order valence-corrected chi connectivity index (χ1v) is 11.2. The first kappa shape index (κ1) is 21.1. The van der Waals surface area contributed by atoms with Crippen LogP contribution in [-0.2, 0) is 16.1 Å². The molecule has 1 saturated heterocycles. The summed E-state index contributed by atoms with van der Waals surface area (Å²) < 4.78 is 2.37. The van der Waals surface area contributed by atoms with Gasteiger partial charge in [0.25, 0.3) is 0 Å². The lowest BCUT2D eigenvalue weighted by molar-refractivity contribution is -0.126. The Labute approximate surface area is 182 Å². The van der Waals surface area contributed by atoms with E-state index in [0.717, 1.165) is 42.6 Å². The van der Waals surface area contributed by atoms with Crippen LogP contribution in [0.5, 0.6) is 0 Å². The summed E-state index contributed by atoms with van der Waals surface area (Å²) in [5, 5.41) is 6.44. The Morgan fingerprint density at radius 2 is 1.90 bits per heavy atom. The van der Waals surface area contributed by atoms with E-state index in [1.54, 1.807) is 4.90 Å². The van der Waals surface area contributed by atoms with E-state index in [4.69, 9.17) is 0 Å². The fourth-order valence-corrected chi connectivity index (χ4v) is 4.22. The summed E-state index contributed by atoms with van der Waals surface area (Å²) in [5.41, 5.74) is 6.72. The standard InChI is InChI=1S/C25H30N4O2/c1-4-6-13-28-22-10-8-7-9-20(22)21-15-19(11-12-23(21)28)29-16-18(14-24(29)30)25(31)27-26-17(3)5-2/h7-12,15,18H,4-6,13-14,16H2,1-3H3,(H,27,31)/b26-17+. The molecule has 1 atom stereocenters. The number of benzene rings is 2. The zero-order chi connectivity index (χ0) is 22.0. The summed E-state index contributed by atoms with van der Waals surface area (Å²) >= 11 is 0. The Morgan fingerprint density at radius 3 is 2.68 bits per heavy atom. The second-order valence-electron chi connectivity index (χ2n) is 8.31. The molecule has 0 spiro atoms. The number of unbranched alkanes of at least 4 members (excludes halogenated alkanes) is 1. The van der Waals surface area contributed by atoms with Crippen LogP contribution in [0.1, 0.15) is 46.5 Å². The number of hydrogen-bond donors (Lipinski definition) is 1. The quantitative estimate of drug-likeness (QED) is 0.440. The van der Waals surface area contributed by atoms with E-state index in [2.05, 4.69) is 58.4 Å². The molecule has 162 valence electrons. The minimum Gasteiger partial charge on any atom is -0.340 e. The summed E-state index contributed by atoms with van der Waals surface area (Å²) in [6.45, 7) is 7.42. The molecule has 1 fully saturated rings. The van der Waals surface area contributed by atoms with Crippen molar-refractivity contribution in [2.75, 3.05) is 11.4 Å². The topological polar surface area (TPSA) is 66.7 Å². The van der Waals surface area contributed by atoms with Crippen LogP contribution in [0.4, 0.5) is 5.69 Å². The number of aryl methyl sites for hydroxylation is 1. The van der Waals surface area contributed by atoms with Crippen LogP contribution >= 0.6 is 0 Å². The lowest BCUT2D eigenvalue weighted by atomic mass is 10.1. The van der Waals surface area contributed by atoms with Crippen molar-refractivity contribution in [3.05, 3.63) is 42.5 Å². The molecule has 1 aromatic heterocycles. The third kappa shape index (κ3) is 4.07. The molecule has 1 aliphatic rings. The van der Waals surface area contributed by atoms with Crippen molar-refractivity contribution in [1.82, 2.24) is 9.99 Å². The number of hydrazone groups is 1. The van der Waals surface area contributed by atoms with Gasteiger partial charge in [0.2, 0.25) is 11.8 Å². The van der Waals surface area contributed by atoms with Gasteiger partial charge in [-0.3, -0.25) is 9.59 Å². The van der Waals surface area contributed by atoms with Crippen LogP contribution < -0.4 is 10.3 Å². The van der Waals surface area contributed by atoms with Crippen LogP contribution in [-0.4, -0.2) is 28.6 Å². The Morgan fingerprint density at radius 1 is 1.13 bits per heavy atom. The van der Waals surface area contributed by atoms with Crippen LogP contribution in [0, 0.1) is 5.92 Å². The smallest absolute Gasteiger partial charge is 0.245 e. The van der Waals surface area contributed by atoms with Gasteiger partial charge >= 0.3 is 0 Å². The van der Waals surface area contributed by atoms with Gasteiger partial charge in [0, 0.05) is 52.7 Å². The number of aromatic nitrogens is 1. The Hall–Kier alpha value is -3.15. The number of carbonyl (C=O) groups is 2. The molecule has 2 amide bonds. The molecule has 2 aromatic carbocycles. The van der Waals surface area contributed by atoms with Gasteiger partial charge < -0.3 is 9.47 Å². The average Bonchev–Trinajstić information content (AvgIpc) is 3.33. The number of nitrogens with zero attached hydrogens (tertiary/aromatic N) is 3.